The van der Waals surface area contributed by atoms with Crippen molar-refractivity contribution in [3.8, 4) is 11.4 Å². The van der Waals surface area contributed by atoms with Gasteiger partial charge in [-0.3, -0.25) is 14.2 Å². The second kappa shape index (κ2) is 7.23. The van der Waals surface area contributed by atoms with Gasteiger partial charge in [0.15, 0.2) is 5.78 Å². The fourth-order valence-electron chi connectivity index (χ4n) is 2.21. The lowest BCUT2D eigenvalue weighted by Gasteiger charge is -2.11. The van der Waals surface area contributed by atoms with E-state index in [1.165, 1.54) is 17.0 Å². The van der Waals surface area contributed by atoms with Crippen molar-refractivity contribution in [2.24, 2.45) is 7.05 Å². The summed E-state index contributed by atoms with van der Waals surface area (Å²) in [4.78, 5) is 36.7. The third kappa shape index (κ3) is 3.72. The van der Waals surface area contributed by atoms with E-state index in [1.54, 1.807) is 43.6 Å². The number of ketones is 1. The van der Waals surface area contributed by atoms with Crippen molar-refractivity contribution in [2.45, 2.75) is 0 Å². The lowest BCUT2D eigenvalue weighted by atomic mass is 10.1. The highest BCUT2D eigenvalue weighted by atomic mass is 35.5. The van der Waals surface area contributed by atoms with Gasteiger partial charge in [-0.1, -0.05) is 23.7 Å². The molecule has 3 rings (SSSR count). The van der Waals surface area contributed by atoms with E-state index >= 15 is 0 Å². The molecule has 0 radical (unpaired) electrons. The van der Waals surface area contributed by atoms with Crippen molar-refractivity contribution < 1.29 is 4.79 Å². The number of aromatic nitrogens is 4. The number of halogens is 1. The number of hydrogen-bond acceptors (Lipinski definition) is 6. The van der Waals surface area contributed by atoms with E-state index in [-0.39, 0.29) is 23.8 Å². The Labute approximate surface area is 148 Å². The number of Topliss-reactive ketones (excluding diaryl/α,β-unsaturated/α-hetero) is 1. The summed E-state index contributed by atoms with van der Waals surface area (Å²) >= 11 is 6.03. The second-order valence-corrected chi connectivity index (χ2v) is 5.62. The Bertz CT molecular complexity index is 972. The second-order valence-electron chi connectivity index (χ2n) is 5.21. The van der Waals surface area contributed by atoms with Gasteiger partial charge >= 0.3 is 0 Å². The maximum absolute atomic E-state index is 12.3. The summed E-state index contributed by atoms with van der Waals surface area (Å²) in [7, 11) is 1.57. The Morgan fingerprint density at radius 1 is 1.24 bits per heavy atom. The fourth-order valence-corrected chi connectivity index (χ4v) is 2.45. The SMILES string of the molecule is Cn1c(NCC(=O)c2ccccc2Cl)nc(-c2ccncn2)cc1=O. The summed E-state index contributed by atoms with van der Waals surface area (Å²) in [5.74, 6) is 0.0637. The molecule has 126 valence electrons. The zero-order valence-corrected chi connectivity index (χ0v) is 14.1. The van der Waals surface area contributed by atoms with E-state index < -0.39 is 0 Å². The van der Waals surface area contributed by atoms with Crippen LogP contribution in [0.3, 0.4) is 0 Å². The molecule has 1 N–H and O–H groups in total. The van der Waals surface area contributed by atoms with Gasteiger partial charge in [0.2, 0.25) is 5.95 Å². The summed E-state index contributed by atoms with van der Waals surface area (Å²) < 4.78 is 1.32. The molecular weight excluding hydrogens is 342 g/mol. The van der Waals surface area contributed by atoms with Crippen LogP contribution >= 0.6 is 11.6 Å². The predicted molar refractivity (Wildman–Crippen MR) is 94.8 cm³/mol. The summed E-state index contributed by atoms with van der Waals surface area (Å²) in [5, 5.41) is 3.27. The van der Waals surface area contributed by atoms with Crippen molar-refractivity contribution in [1.82, 2.24) is 19.5 Å². The average molecular weight is 356 g/mol. The molecule has 0 amide bonds. The number of anilines is 1. The molecule has 0 fully saturated rings. The molecule has 0 aliphatic heterocycles. The first-order chi connectivity index (χ1) is 12.1. The topological polar surface area (TPSA) is 89.8 Å². The van der Waals surface area contributed by atoms with Crippen molar-refractivity contribution in [3.63, 3.8) is 0 Å². The normalized spacial score (nSPS) is 10.5. The monoisotopic (exact) mass is 355 g/mol. The number of rotatable bonds is 5. The molecule has 0 spiro atoms. The van der Waals surface area contributed by atoms with Gasteiger partial charge in [0.1, 0.15) is 6.33 Å². The van der Waals surface area contributed by atoms with Crippen LogP contribution in [0.2, 0.25) is 5.02 Å². The van der Waals surface area contributed by atoms with Crippen LogP contribution in [0, 0.1) is 0 Å². The summed E-state index contributed by atoms with van der Waals surface area (Å²) in [5.41, 5.74) is 1.07. The van der Waals surface area contributed by atoms with Crippen LogP contribution in [0.5, 0.6) is 0 Å². The van der Waals surface area contributed by atoms with E-state index in [9.17, 15) is 9.59 Å². The minimum absolute atomic E-state index is 0.0444. The standard InChI is InChI=1S/C17H14ClN5O2/c1-23-16(25)8-14(13-6-7-19-10-21-13)22-17(23)20-9-15(24)11-4-2-3-5-12(11)18/h2-8,10H,9H2,1H3,(H,20,22). The molecule has 0 unspecified atom stereocenters. The van der Waals surface area contributed by atoms with Gasteiger partial charge in [-0.15, -0.1) is 0 Å². The molecule has 0 bridgehead atoms. The number of nitrogens with one attached hydrogen (secondary N) is 1. The van der Waals surface area contributed by atoms with E-state index in [2.05, 4.69) is 20.3 Å². The third-order valence-corrected chi connectivity index (χ3v) is 3.89. The van der Waals surface area contributed by atoms with Crippen molar-refractivity contribution >= 4 is 23.3 Å². The predicted octanol–water partition coefficient (Wildman–Crippen LogP) is 2.19. The highest BCUT2D eigenvalue weighted by molar-refractivity contribution is 6.34. The number of benzene rings is 1. The van der Waals surface area contributed by atoms with Crippen LogP contribution in [-0.4, -0.2) is 31.8 Å². The van der Waals surface area contributed by atoms with Crippen LogP contribution < -0.4 is 10.9 Å². The Morgan fingerprint density at radius 3 is 2.76 bits per heavy atom. The number of nitrogens with zero attached hydrogens (tertiary/aromatic N) is 4. The first-order valence-corrected chi connectivity index (χ1v) is 7.80. The number of carbonyl (C=O) groups excluding carboxylic acids is 1. The molecule has 1 aromatic carbocycles. The molecule has 8 heteroatoms. The Morgan fingerprint density at radius 2 is 2.04 bits per heavy atom. The highest BCUT2D eigenvalue weighted by Gasteiger charge is 2.12. The van der Waals surface area contributed by atoms with Gasteiger partial charge in [-0.2, -0.15) is 0 Å². The molecule has 0 aliphatic carbocycles. The fraction of sp³-hybridized carbons (Fsp3) is 0.118. The molecule has 25 heavy (non-hydrogen) atoms. The minimum atomic E-state index is -0.267. The maximum atomic E-state index is 12.3. The smallest absolute Gasteiger partial charge is 0.255 e. The maximum Gasteiger partial charge on any atom is 0.255 e. The van der Waals surface area contributed by atoms with E-state index in [1.807, 2.05) is 0 Å². The van der Waals surface area contributed by atoms with Crippen LogP contribution in [0.15, 0.2) is 53.7 Å². The van der Waals surface area contributed by atoms with E-state index in [0.29, 0.717) is 22.0 Å². The zero-order chi connectivity index (χ0) is 17.8. The lowest BCUT2D eigenvalue weighted by Crippen LogP contribution is -2.24. The van der Waals surface area contributed by atoms with Gasteiger partial charge < -0.3 is 5.32 Å². The van der Waals surface area contributed by atoms with Gasteiger partial charge in [0, 0.05) is 24.9 Å². The summed E-state index contributed by atoms with van der Waals surface area (Å²) in [6.45, 7) is -0.0444. The van der Waals surface area contributed by atoms with Crippen LogP contribution in [0.25, 0.3) is 11.4 Å². The van der Waals surface area contributed by atoms with E-state index in [0.717, 1.165) is 0 Å². The molecule has 0 aliphatic rings. The molecule has 0 saturated carbocycles. The Balaban J connectivity index is 1.85. The lowest BCUT2D eigenvalue weighted by molar-refractivity contribution is 0.101. The highest BCUT2D eigenvalue weighted by Crippen LogP contribution is 2.16. The largest absolute Gasteiger partial charge is 0.348 e. The van der Waals surface area contributed by atoms with Crippen molar-refractivity contribution in [1.29, 1.82) is 0 Å². The number of hydrogen-bond donors (Lipinski definition) is 1. The molecule has 2 aromatic heterocycles. The van der Waals surface area contributed by atoms with Gasteiger partial charge in [-0.25, -0.2) is 15.0 Å². The van der Waals surface area contributed by atoms with Crippen LogP contribution in [0.4, 0.5) is 5.95 Å². The van der Waals surface area contributed by atoms with Gasteiger partial charge in [0.05, 0.1) is 23.0 Å². The first kappa shape index (κ1) is 16.8. The third-order valence-electron chi connectivity index (χ3n) is 3.56. The van der Waals surface area contributed by atoms with Gasteiger partial charge in [-0.05, 0) is 18.2 Å². The molecule has 7 nitrogen and oxygen atoms in total. The molecular formula is C17H14ClN5O2. The minimum Gasteiger partial charge on any atom is -0.348 e. The Hall–Kier alpha value is -3.06. The van der Waals surface area contributed by atoms with Crippen molar-refractivity contribution in [2.75, 3.05) is 11.9 Å². The average Bonchev–Trinajstić information content (AvgIpc) is 2.63. The summed E-state index contributed by atoms with van der Waals surface area (Å²) in [6, 6.07) is 9.82. The van der Waals surface area contributed by atoms with E-state index in [4.69, 9.17) is 11.6 Å². The molecule has 2 heterocycles. The molecule has 3 aromatic rings. The molecule has 0 atom stereocenters. The number of carbonyl (C=O) groups is 1. The van der Waals surface area contributed by atoms with Crippen molar-refractivity contribution in [3.05, 3.63) is 69.9 Å². The first-order valence-electron chi connectivity index (χ1n) is 7.42. The Kier molecular flexibility index (Phi) is 4.85. The zero-order valence-electron chi connectivity index (χ0n) is 13.3. The van der Waals surface area contributed by atoms with Crippen LogP contribution in [-0.2, 0) is 7.05 Å². The van der Waals surface area contributed by atoms with Crippen LogP contribution in [0.1, 0.15) is 10.4 Å². The quantitative estimate of drug-likeness (QED) is 0.705. The molecule has 0 saturated heterocycles. The summed E-state index contributed by atoms with van der Waals surface area (Å²) in [6.07, 6.45) is 2.94. The van der Waals surface area contributed by atoms with Gasteiger partial charge in [0.25, 0.3) is 5.56 Å².